The molecule has 0 aliphatic carbocycles. The van der Waals surface area contributed by atoms with Crippen LogP contribution in [0.3, 0.4) is 0 Å². The molecule has 0 unspecified atom stereocenters. The molecule has 2 aliphatic rings. The van der Waals surface area contributed by atoms with Crippen molar-refractivity contribution in [1.82, 2.24) is 10.2 Å². The maximum Gasteiger partial charge on any atom is 0.254 e. The van der Waals surface area contributed by atoms with Gasteiger partial charge in [-0.05, 0) is 49.1 Å². The van der Waals surface area contributed by atoms with Crippen molar-refractivity contribution in [2.75, 3.05) is 26.2 Å². The molecule has 1 aromatic rings. The standard InChI is InChI=1S/C14H20N2OS/c1-11-8-18-9-12(11)13(17)16-6-3-14(4-7-16)2-5-15-10-14/h8-9,15H,2-7,10H2,1H3. The number of thiophene rings is 1. The molecular formula is C14H20N2OS. The van der Waals surface area contributed by atoms with Crippen LogP contribution in [0.4, 0.5) is 0 Å². The number of piperidine rings is 1. The first-order valence-corrected chi connectivity index (χ1v) is 7.67. The van der Waals surface area contributed by atoms with Gasteiger partial charge < -0.3 is 10.2 Å². The van der Waals surface area contributed by atoms with Crippen LogP contribution in [0, 0.1) is 12.3 Å². The van der Waals surface area contributed by atoms with Crippen LogP contribution in [0.1, 0.15) is 35.2 Å². The van der Waals surface area contributed by atoms with Crippen LogP contribution < -0.4 is 5.32 Å². The topological polar surface area (TPSA) is 32.3 Å². The number of aryl methyl sites for hydroxylation is 1. The monoisotopic (exact) mass is 264 g/mol. The van der Waals surface area contributed by atoms with Crippen LogP contribution in [0.25, 0.3) is 0 Å². The lowest BCUT2D eigenvalue weighted by molar-refractivity contribution is 0.0607. The van der Waals surface area contributed by atoms with Gasteiger partial charge in [-0.15, -0.1) is 0 Å². The van der Waals surface area contributed by atoms with E-state index in [1.54, 1.807) is 11.3 Å². The highest BCUT2D eigenvalue weighted by Gasteiger charge is 2.38. The Morgan fingerprint density at radius 3 is 2.67 bits per heavy atom. The molecule has 0 atom stereocenters. The highest BCUT2D eigenvalue weighted by Crippen LogP contribution is 2.37. The number of carbonyl (C=O) groups is 1. The molecule has 0 aromatic carbocycles. The first kappa shape index (κ1) is 12.2. The average Bonchev–Trinajstić information content (AvgIpc) is 2.99. The highest BCUT2D eigenvalue weighted by molar-refractivity contribution is 7.08. The van der Waals surface area contributed by atoms with Gasteiger partial charge in [-0.2, -0.15) is 11.3 Å². The van der Waals surface area contributed by atoms with E-state index in [2.05, 4.69) is 10.7 Å². The predicted molar refractivity (Wildman–Crippen MR) is 74.1 cm³/mol. The van der Waals surface area contributed by atoms with E-state index in [0.717, 1.165) is 50.1 Å². The van der Waals surface area contributed by atoms with Gasteiger partial charge in [-0.1, -0.05) is 0 Å². The molecule has 3 rings (SSSR count). The number of likely N-dealkylation sites (tertiary alicyclic amines) is 1. The molecule has 0 radical (unpaired) electrons. The summed E-state index contributed by atoms with van der Waals surface area (Å²) < 4.78 is 0. The fraction of sp³-hybridized carbons (Fsp3) is 0.643. The van der Waals surface area contributed by atoms with Crippen LogP contribution >= 0.6 is 11.3 Å². The summed E-state index contributed by atoms with van der Waals surface area (Å²) in [5, 5.41) is 7.50. The molecule has 3 heterocycles. The third-order valence-corrected chi connectivity index (χ3v) is 5.39. The van der Waals surface area contributed by atoms with E-state index in [-0.39, 0.29) is 5.91 Å². The van der Waals surface area contributed by atoms with Crippen molar-refractivity contribution in [3.63, 3.8) is 0 Å². The molecule has 4 heteroatoms. The van der Waals surface area contributed by atoms with Crippen LogP contribution in [0.15, 0.2) is 10.8 Å². The van der Waals surface area contributed by atoms with Crippen LogP contribution in [-0.4, -0.2) is 37.0 Å². The van der Waals surface area contributed by atoms with Gasteiger partial charge in [-0.3, -0.25) is 4.79 Å². The summed E-state index contributed by atoms with van der Waals surface area (Å²) in [6, 6.07) is 0. The van der Waals surface area contributed by atoms with E-state index < -0.39 is 0 Å². The van der Waals surface area contributed by atoms with Gasteiger partial charge in [0.15, 0.2) is 0 Å². The van der Waals surface area contributed by atoms with Gasteiger partial charge in [0.25, 0.3) is 5.91 Å². The maximum atomic E-state index is 12.4. The Bertz CT molecular complexity index is 438. The summed E-state index contributed by atoms with van der Waals surface area (Å²) in [5.74, 6) is 0.231. The second-order valence-corrected chi connectivity index (χ2v) is 6.43. The third-order valence-electron chi connectivity index (χ3n) is 4.53. The minimum Gasteiger partial charge on any atom is -0.339 e. The average molecular weight is 264 g/mol. The second kappa shape index (κ2) is 4.67. The molecule has 18 heavy (non-hydrogen) atoms. The summed E-state index contributed by atoms with van der Waals surface area (Å²) in [7, 11) is 0. The summed E-state index contributed by atoms with van der Waals surface area (Å²) in [6.45, 7) is 6.17. The van der Waals surface area contributed by atoms with Crippen molar-refractivity contribution >= 4 is 17.2 Å². The van der Waals surface area contributed by atoms with Crippen molar-refractivity contribution in [3.8, 4) is 0 Å². The van der Waals surface area contributed by atoms with E-state index >= 15 is 0 Å². The van der Waals surface area contributed by atoms with E-state index in [1.807, 2.05) is 17.2 Å². The summed E-state index contributed by atoms with van der Waals surface area (Å²) >= 11 is 1.62. The van der Waals surface area contributed by atoms with E-state index in [9.17, 15) is 4.79 Å². The minimum atomic E-state index is 0.231. The lowest BCUT2D eigenvalue weighted by Gasteiger charge is -2.38. The zero-order valence-electron chi connectivity index (χ0n) is 10.9. The molecule has 1 spiro atoms. The molecule has 1 N–H and O–H groups in total. The predicted octanol–water partition coefficient (Wildman–Crippen LogP) is 2.27. The summed E-state index contributed by atoms with van der Waals surface area (Å²) in [6.07, 6.45) is 3.61. The Hall–Kier alpha value is -0.870. The van der Waals surface area contributed by atoms with E-state index in [0.29, 0.717) is 5.41 Å². The lowest BCUT2D eigenvalue weighted by atomic mass is 9.78. The second-order valence-electron chi connectivity index (χ2n) is 5.69. The smallest absolute Gasteiger partial charge is 0.254 e. The third kappa shape index (κ3) is 2.08. The Morgan fingerprint density at radius 2 is 2.11 bits per heavy atom. The molecular weight excluding hydrogens is 244 g/mol. The first-order chi connectivity index (χ1) is 8.70. The molecule has 2 aliphatic heterocycles. The van der Waals surface area contributed by atoms with Crippen LogP contribution in [0.5, 0.6) is 0 Å². The van der Waals surface area contributed by atoms with Gasteiger partial charge >= 0.3 is 0 Å². The highest BCUT2D eigenvalue weighted by atomic mass is 32.1. The minimum absolute atomic E-state index is 0.231. The number of hydrogen-bond acceptors (Lipinski definition) is 3. The summed E-state index contributed by atoms with van der Waals surface area (Å²) in [4.78, 5) is 14.4. The zero-order valence-corrected chi connectivity index (χ0v) is 11.7. The van der Waals surface area contributed by atoms with Gasteiger partial charge in [0.2, 0.25) is 0 Å². The number of nitrogens with zero attached hydrogens (tertiary/aromatic N) is 1. The molecule has 98 valence electrons. The van der Waals surface area contributed by atoms with Crippen molar-refractivity contribution in [1.29, 1.82) is 0 Å². The Labute approximate surface area is 112 Å². The van der Waals surface area contributed by atoms with Gasteiger partial charge in [0.05, 0.1) is 5.56 Å². The number of nitrogens with one attached hydrogen (secondary N) is 1. The lowest BCUT2D eigenvalue weighted by Crippen LogP contribution is -2.44. The number of carbonyl (C=O) groups excluding carboxylic acids is 1. The Morgan fingerprint density at radius 1 is 1.33 bits per heavy atom. The quantitative estimate of drug-likeness (QED) is 0.844. The number of amides is 1. The SMILES string of the molecule is Cc1cscc1C(=O)N1CCC2(CCNC2)CC1. The first-order valence-electron chi connectivity index (χ1n) is 6.73. The van der Waals surface area contributed by atoms with E-state index in [4.69, 9.17) is 0 Å². The molecule has 3 nitrogen and oxygen atoms in total. The largest absolute Gasteiger partial charge is 0.339 e. The van der Waals surface area contributed by atoms with Gasteiger partial charge in [-0.25, -0.2) is 0 Å². The van der Waals surface area contributed by atoms with Crippen molar-refractivity contribution in [2.45, 2.75) is 26.2 Å². The molecule has 0 saturated carbocycles. The fourth-order valence-corrected chi connectivity index (χ4v) is 3.98. The molecule has 1 aromatic heterocycles. The molecule has 2 fully saturated rings. The van der Waals surface area contributed by atoms with Crippen molar-refractivity contribution < 1.29 is 4.79 Å². The van der Waals surface area contributed by atoms with Gasteiger partial charge in [0, 0.05) is 25.0 Å². The van der Waals surface area contributed by atoms with Crippen LogP contribution in [-0.2, 0) is 0 Å². The van der Waals surface area contributed by atoms with Crippen LogP contribution in [0.2, 0.25) is 0 Å². The number of rotatable bonds is 1. The molecule has 2 saturated heterocycles. The van der Waals surface area contributed by atoms with Crippen molar-refractivity contribution in [3.05, 3.63) is 21.9 Å². The number of hydrogen-bond donors (Lipinski definition) is 1. The molecule has 1 amide bonds. The van der Waals surface area contributed by atoms with E-state index in [1.165, 1.54) is 6.42 Å². The maximum absolute atomic E-state index is 12.4. The van der Waals surface area contributed by atoms with Gasteiger partial charge in [0.1, 0.15) is 0 Å². The Balaban J connectivity index is 1.66. The zero-order chi connectivity index (χ0) is 12.6. The normalized spacial score (nSPS) is 22.6. The summed E-state index contributed by atoms with van der Waals surface area (Å²) in [5.41, 5.74) is 2.51. The molecule has 0 bridgehead atoms. The van der Waals surface area contributed by atoms with Crippen molar-refractivity contribution in [2.24, 2.45) is 5.41 Å². The fourth-order valence-electron chi connectivity index (χ4n) is 3.16. The Kier molecular flexibility index (Phi) is 3.16.